The van der Waals surface area contributed by atoms with Gasteiger partial charge in [0.2, 0.25) is 0 Å². The maximum atomic E-state index is 11.3. The number of aromatic nitrogens is 1. The summed E-state index contributed by atoms with van der Waals surface area (Å²) in [5.74, 6) is 0. The Balaban J connectivity index is 3.37. The molecular weight excluding hydrogens is 137 g/mol. The van der Waals surface area contributed by atoms with Gasteiger partial charge in [-0.25, -0.2) is 0 Å². The standard InChI is InChI=1S/C8H12BNO/c1-3-6-4-7(9)5-10(2)8(6)11/h4-5H,3,9H2,1-2H3. The van der Waals surface area contributed by atoms with Crippen molar-refractivity contribution < 1.29 is 0 Å². The molecule has 0 saturated heterocycles. The molecule has 0 amide bonds. The predicted octanol–water partition coefficient (Wildman–Crippen LogP) is -0.794. The number of rotatable bonds is 1. The summed E-state index contributed by atoms with van der Waals surface area (Å²) in [5.41, 5.74) is 2.16. The molecule has 11 heavy (non-hydrogen) atoms. The van der Waals surface area contributed by atoms with Crippen LogP contribution in [0.4, 0.5) is 0 Å². The van der Waals surface area contributed by atoms with Gasteiger partial charge in [0.15, 0.2) is 0 Å². The monoisotopic (exact) mass is 149 g/mol. The zero-order chi connectivity index (χ0) is 8.43. The van der Waals surface area contributed by atoms with E-state index in [9.17, 15) is 4.79 Å². The van der Waals surface area contributed by atoms with Gasteiger partial charge in [0.25, 0.3) is 5.56 Å². The second-order valence-corrected chi connectivity index (χ2v) is 2.81. The third-order valence-corrected chi connectivity index (χ3v) is 1.78. The van der Waals surface area contributed by atoms with Gasteiger partial charge in [-0.3, -0.25) is 4.79 Å². The molecule has 0 saturated carbocycles. The summed E-state index contributed by atoms with van der Waals surface area (Å²) in [6.45, 7) is 2.00. The first-order chi connectivity index (χ1) is 5.15. The number of hydrogen-bond acceptors (Lipinski definition) is 1. The van der Waals surface area contributed by atoms with E-state index in [-0.39, 0.29) is 5.56 Å². The minimum atomic E-state index is 0.123. The minimum Gasteiger partial charge on any atom is -0.319 e. The molecule has 0 aromatic carbocycles. The SMILES string of the molecule is Bc1cc(CC)c(=O)n(C)c1. The predicted molar refractivity (Wildman–Crippen MR) is 49.2 cm³/mol. The first kappa shape index (κ1) is 8.11. The first-order valence-corrected chi connectivity index (χ1v) is 3.81. The van der Waals surface area contributed by atoms with E-state index in [0.29, 0.717) is 0 Å². The molecule has 1 heterocycles. The van der Waals surface area contributed by atoms with Crippen LogP contribution in [0.2, 0.25) is 0 Å². The van der Waals surface area contributed by atoms with Crippen molar-refractivity contribution in [3.63, 3.8) is 0 Å². The van der Waals surface area contributed by atoms with Crippen molar-refractivity contribution in [1.29, 1.82) is 0 Å². The van der Waals surface area contributed by atoms with Crippen LogP contribution in [-0.4, -0.2) is 12.4 Å². The molecule has 0 aliphatic heterocycles. The molecule has 0 aliphatic rings. The lowest BCUT2D eigenvalue weighted by Gasteiger charge is -2.02. The van der Waals surface area contributed by atoms with Gasteiger partial charge in [0.05, 0.1) is 0 Å². The van der Waals surface area contributed by atoms with E-state index in [1.807, 2.05) is 27.0 Å². The maximum absolute atomic E-state index is 11.3. The highest BCUT2D eigenvalue weighted by molar-refractivity contribution is 6.32. The Bertz CT molecular complexity index is 316. The zero-order valence-electron chi connectivity index (χ0n) is 7.22. The Hall–Kier alpha value is -0.985. The molecule has 3 heteroatoms. The van der Waals surface area contributed by atoms with Gasteiger partial charge in [0.1, 0.15) is 7.85 Å². The van der Waals surface area contributed by atoms with E-state index in [1.165, 1.54) is 0 Å². The molecule has 2 nitrogen and oxygen atoms in total. The molecular formula is C8H12BNO. The molecule has 1 aromatic heterocycles. The van der Waals surface area contributed by atoms with Crippen molar-refractivity contribution in [2.75, 3.05) is 0 Å². The Morgan fingerprint density at radius 3 is 2.82 bits per heavy atom. The van der Waals surface area contributed by atoms with E-state index >= 15 is 0 Å². The van der Waals surface area contributed by atoms with E-state index < -0.39 is 0 Å². The lowest BCUT2D eigenvalue weighted by atomic mass is 9.96. The Morgan fingerprint density at radius 2 is 2.27 bits per heavy atom. The van der Waals surface area contributed by atoms with E-state index in [1.54, 1.807) is 11.6 Å². The highest BCUT2D eigenvalue weighted by Crippen LogP contribution is 1.87. The van der Waals surface area contributed by atoms with Gasteiger partial charge in [-0.15, -0.1) is 0 Å². The highest BCUT2D eigenvalue weighted by atomic mass is 16.1. The van der Waals surface area contributed by atoms with E-state index in [4.69, 9.17) is 0 Å². The van der Waals surface area contributed by atoms with Crippen molar-refractivity contribution in [2.45, 2.75) is 13.3 Å². The first-order valence-electron chi connectivity index (χ1n) is 3.81. The largest absolute Gasteiger partial charge is 0.319 e. The second-order valence-electron chi connectivity index (χ2n) is 2.81. The molecule has 0 bridgehead atoms. The molecule has 0 radical (unpaired) electrons. The van der Waals surface area contributed by atoms with Crippen LogP contribution in [0.15, 0.2) is 17.1 Å². The summed E-state index contributed by atoms with van der Waals surface area (Å²) in [6, 6.07) is 1.95. The van der Waals surface area contributed by atoms with Gasteiger partial charge < -0.3 is 4.57 Å². The van der Waals surface area contributed by atoms with Gasteiger partial charge >= 0.3 is 0 Å². The zero-order valence-corrected chi connectivity index (χ0v) is 7.22. The molecule has 0 fully saturated rings. The Labute approximate surface area is 67.3 Å². The number of hydrogen-bond donors (Lipinski definition) is 0. The average molecular weight is 149 g/mol. The van der Waals surface area contributed by atoms with E-state index in [0.717, 1.165) is 17.4 Å². The molecule has 0 atom stereocenters. The van der Waals surface area contributed by atoms with Crippen LogP contribution in [0.3, 0.4) is 0 Å². The third-order valence-electron chi connectivity index (χ3n) is 1.78. The minimum absolute atomic E-state index is 0.123. The highest BCUT2D eigenvalue weighted by Gasteiger charge is 1.98. The van der Waals surface area contributed by atoms with Gasteiger partial charge in [-0.1, -0.05) is 18.5 Å². The Morgan fingerprint density at radius 1 is 1.64 bits per heavy atom. The van der Waals surface area contributed by atoms with Crippen LogP contribution < -0.4 is 11.0 Å². The fourth-order valence-corrected chi connectivity index (χ4v) is 1.22. The van der Waals surface area contributed by atoms with Crippen molar-refractivity contribution in [3.05, 3.63) is 28.2 Å². The van der Waals surface area contributed by atoms with Crippen molar-refractivity contribution in [3.8, 4) is 0 Å². The summed E-state index contributed by atoms with van der Waals surface area (Å²) in [7, 11) is 3.78. The number of pyridine rings is 1. The molecule has 0 aliphatic carbocycles. The molecule has 58 valence electrons. The smallest absolute Gasteiger partial charge is 0.253 e. The number of aryl methyl sites for hydroxylation is 2. The van der Waals surface area contributed by atoms with Crippen LogP contribution >= 0.6 is 0 Å². The van der Waals surface area contributed by atoms with Crippen LogP contribution in [0.25, 0.3) is 0 Å². The molecule has 1 aromatic rings. The summed E-state index contributed by atoms with van der Waals surface area (Å²) in [6.07, 6.45) is 2.66. The number of nitrogens with zero attached hydrogens (tertiary/aromatic N) is 1. The van der Waals surface area contributed by atoms with Crippen LogP contribution in [0, 0.1) is 0 Å². The summed E-state index contributed by atoms with van der Waals surface area (Å²) in [4.78, 5) is 11.3. The summed E-state index contributed by atoms with van der Waals surface area (Å²) in [5, 5.41) is 0. The maximum Gasteiger partial charge on any atom is 0.253 e. The van der Waals surface area contributed by atoms with Crippen LogP contribution in [-0.2, 0) is 13.5 Å². The normalized spacial score (nSPS) is 10.0. The fraction of sp³-hybridized carbons (Fsp3) is 0.375. The van der Waals surface area contributed by atoms with Crippen molar-refractivity contribution in [2.24, 2.45) is 7.05 Å². The van der Waals surface area contributed by atoms with Gasteiger partial charge in [-0.05, 0) is 6.42 Å². The van der Waals surface area contributed by atoms with Gasteiger partial charge in [-0.2, -0.15) is 0 Å². The average Bonchev–Trinajstić information content (AvgIpc) is 1.96. The fourth-order valence-electron chi connectivity index (χ4n) is 1.22. The second kappa shape index (κ2) is 2.95. The van der Waals surface area contributed by atoms with Gasteiger partial charge in [0, 0.05) is 18.8 Å². The van der Waals surface area contributed by atoms with E-state index in [2.05, 4.69) is 0 Å². The molecule has 0 unspecified atom stereocenters. The lowest BCUT2D eigenvalue weighted by molar-refractivity contribution is 0.841. The third kappa shape index (κ3) is 1.53. The van der Waals surface area contributed by atoms with Crippen molar-refractivity contribution in [1.82, 2.24) is 4.57 Å². The summed E-state index contributed by atoms with van der Waals surface area (Å²) >= 11 is 0. The molecule has 0 spiro atoms. The van der Waals surface area contributed by atoms with Crippen LogP contribution in [0.1, 0.15) is 12.5 Å². The topological polar surface area (TPSA) is 22.0 Å². The van der Waals surface area contributed by atoms with Crippen LogP contribution in [0.5, 0.6) is 0 Å². The summed E-state index contributed by atoms with van der Waals surface area (Å²) < 4.78 is 1.63. The Kier molecular flexibility index (Phi) is 2.18. The lowest BCUT2D eigenvalue weighted by Crippen LogP contribution is -2.25. The molecule has 0 N–H and O–H groups in total. The molecule has 1 rings (SSSR count). The van der Waals surface area contributed by atoms with Crippen molar-refractivity contribution >= 4 is 13.3 Å². The quantitative estimate of drug-likeness (QED) is 0.479.